The molecule has 6 nitrogen and oxygen atoms in total. The Balaban J connectivity index is 1.53. The van der Waals surface area contributed by atoms with Gasteiger partial charge in [0.05, 0.1) is 35.0 Å². The summed E-state index contributed by atoms with van der Waals surface area (Å²) in [6, 6.07) is 17.0. The predicted octanol–water partition coefficient (Wildman–Crippen LogP) is 4.36. The van der Waals surface area contributed by atoms with Crippen LogP contribution in [0.2, 0.25) is 5.02 Å². The smallest absolute Gasteiger partial charge is 0.257 e. The number of ether oxygens (including phenoxy) is 1. The molecule has 158 valence electrons. The van der Waals surface area contributed by atoms with Crippen LogP contribution in [0.3, 0.4) is 0 Å². The van der Waals surface area contributed by atoms with Gasteiger partial charge in [-0.2, -0.15) is 5.26 Å². The van der Waals surface area contributed by atoms with Gasteiger partial charge in [0, 0.05) is 50.3 Å². The molecule has 1 fully saturated rings. The van der Waals surface area contributed by atoms with Gasteiger partial charge < -0.3 is 19.1 Å². The van der Waals surface area contributed by atoms with Gasteiger partial charge in [-0.25, -0.2) is 0 Å². The van der Waals surface area contributed by atoms with Crippen LogP contribution in [0.15, 0.2) is 60.9 Å². The summed E-state index contributed by atoms with van der Waals surface area (Å²) in [5.74, 6) is 0.422. The molecule has 1 amide bonds. The van der Waals surface area contributed by atoms with Gasteiger partial charge in [-0.15, -0.1) is 0 Å². The summed E-state index contributed by atoms with van der Waals surface area (Å²) in [4.78, 5) is 17.4. The predicted molar refractivity (Wildman–Crippen MR) is 121 cm³/mol. The largest absolute Gasteiger partial charge is 0.496 e. The number of anilines is 1. The highest BCUT2D eigenvalue weighted by Gasteiger charge is 2.24. The highest BCUT2D eigenvalue weighted by Crippen LogP contribution is 2.31. The molecule has 0 unspecified atom stereocenters. The van der Waals surface area contributed by atoms with Crippen molar-refractivity contribution in [3.63, 3.8) is 0 Å². The van der Waals surface area contributed by atoms with Crippen molar-refractivity contribution in [3.05, 3.63) is 77.1 Å². The van der Waals surface area contributed by atoms with Crippen LogP contribution in [0.4, 0.5) is 5.69 Å². The van der Waals surface area contributed by atoms with E-state index in [1.54, 1.807) is 19.2 Å². The van der Waals surface area contributed by atoms with Gasteiger partial charge in [0.25, 0.3) is 5.91 Å². The zero-order chi connectivity index (χ0) is 21.8. The van der Waals surface area contributed by atoms with Gasteiger partial charge in [-0.05, 0) is 48.9 Å². The lowest BCUT2D eigenvalue weighted by atomic mass is 10.1. The van der Waals surface area contributed by atoms with E-state index in [9.17, 15) is 4.79 Å². The number of hydrogen-bond donors (Lipinski definition) is 0. The van der Waals surface area contributed by atoms with Gasteiger partial charge in [0.2, 0.25) is 0 Å². The molecular weight excluding hydrogens is 412 g/mol. The Morgan fingerprint density at radius 3 is 2.48 bits per heavy atom. The average Bonchev–Trinajstić information content (AvgIpc) is 3.22. The number of benzene rings is 2. The molecule has 1 aliphatic heterocycles. The highest BCUT2D eigenvalue weighted by molar-refractivity contribution is 6.33. The lowest BCUT2D eigenvalue weighted by Gasteiger charge is -2.24. The van der Waals surface area contributed by atoms with Crippen LogP contribution in [0, 0.1) is 11.3 Å². The van der Waals surface area contributed by atoms with Crippen LogP contribution in [0.25, 0.3) is 5.69 Å². The minimum atomic E-state index is -0.0838. The summed E-state index contributed by atoms with van der Waals surface area (Å²) in [6.45, 7) is 2.82. The number of amides is 1. The molecule has 0 spiro atoms. The fourth-order valence-electron chi connectivity index (χ4n) is 3.87. The fourth-order valence-corrected chi connectivity index (χ4v) is 4.13. The van der Waals surface area contributed by atoms with Crippen molar-refractivity contribution in [1.82, 2.24) is 9.47 Å². The number of carbonyl (C=O) groups is 1. The number of rotatable bonds is 4. The van der Waals surface area contributed by atoms with E-state index in [1.165, 1.54) is 0 Å². The van der Waals surface area contributed by atoms with Crippen molar-refractivity contribution >= 4 is 23.2 Å². The molecule has 1 saturated heterocycles. The van der Waals surface area contributed by atoms with Crippen molar-refractivity contribution in [2.24, 2.45) is 0 Å². The lowest BCUT2D eigenvalue weighted by molar-refractivity contribution is 0.0763. The third-order valence-corrected chi connectivity index (χ3v) is 5.83. The van der Waals surface area contributed by atoms with Gasteiger partial charge in [-0.3, -0.25) is 4.79 Å². The molecule has 0 saturated carbocycles. The molecular formula is C24H23ClN4O2. The van der Waals surface area contributed by atoms with Crippen molar-refractivity contribution in [2.75, 3.05) is 38.2 Å². The van der Waals surface area contributed by atoms with E-state index in [2.05, 4.69) is 11.0 Å². The van der Waals surface area contributed by atoms with Crippen molar-refractivity contribution < 1.29 is 9.53 Å². The Morgan fingerprint density at radius 2 is 1.81 bits per heavy atom. The minimum absolute atomic E-state index is 0.0838. The molecule has 31 heavy (non-hydrogen) atoms. The van der Waals surface area contributed by atoms with Crippen LogP contribution in [-0.2, 0) is 0 Å². The molecule has 1 aliphatic rings. The molecule has 2 aromatic carbocycles. The number of hydrogen-bond acceptors (Lipinski definition) is 4. The average molecular weight is 435 g/mol. The first-order valence-electron chi connectivity index (χ1n) is 10.2. The summed E-state index contributed by atoms with van der Waals surface area (Å²) in [6.07, 6.45) is 4.65. The molecule has 0 aliphatic carbocycles. The Kier molecular flexibility index (Phi) is 6.15. The van der Waals surface area contributed by atoms with E-state index in [0.29, 0.717) is 35.0 Å². The number of nitriles is 1. The third kappa shape index (κ3) is 4.37. The Labute approximate surface area is 186 Å². The monoisotopic (exact) mass is 434 g/mol. The van der Waals surface area contributed by atoms with E-state index in [0.717, 1.165) is 30.9 Å². The number of carbonyl (C=O) groups excluding carboxylic acids is 1. The molecule has 4 rings (SSSR count). The second-order valence-electron chi connectivity index (χ2n) is 7.39. The number of halogens is 1. The first-order chi connectivity index (χ1) is 15.1. The van der Waals surface area contributed by atoms with Gasteiger partial charge in [-0.1, -0.05) is 11.6 Å². The Hall–Kier alpha value is -3.43. The summed E-state index contributed by atoms with van der Waals surface area (Å²) in [5.41, 5.74) is 2.94. The van der Waals surface area contributed by atoms with Crippen molar-refractivity contribution in [1.29, 1.82) is 5.26 Å². The molecule has 1 aromatic heterocycles. The maximum absolute atomic E-state index is 13.3. The zero-order valence-corrected chi connectivity index (χ0v) is 18.0. The van der Waals surface area contributed by atoms with Gasteiger partial charge in [0.15, 0.2) is 0 Å². The molecule has 7 heteroatoms. The van der Waals surface area contributed by atoms with Crippen LogP contribution < -0.4 is 9.64 Å². The van der Waals surface area contributed by atoms with Crippen LogP contribution >= 0.6 is 11.6 Å². The quantitative estimate of drug-likeness (QED) is 0.612. The topological polar surface area (TPSA) is 61.5 Å². The maximum Gasteiger partial charge on any atom is 0.257 e. The number of methoxy groups -OCH3 is 1. The van der Waals surface area contributed by atoms with Crippen LogP contribution in [0.5, 0.6) is 5.75 Å². The molecule has 0 bridgehead atoms. The Bertz CT molecular complexity index is 1100. The third-order valence-electron chi connectivity index (χ3n) is 5.53. The fraction of sp³-hybridized carbons (Fsp3) is 0.250. The first kappa shape index (κ1) is 20.8. The summed E-state index contributed by atoms with van der Waals surface area (Å²) in [7, 11) is 1.56. The van der Waals surface area contributed by atoms with Crippen molar-refractivity contribution in [2.45, 2.75) is 6.42 Å². The van der Waals surface area contributed by atoms with Gasteiger partial charge in [0.1, 0.15) is 5.75 Å². The van der Waals surface area contributed by atoms with Crippen LogP contribution in [0.1, 0.15) is 22.3 Å². The first-order valence-corrected chi connectivity index (χ1v) is 10.5. The number of nitrogens with zero attached hydrogens (tertiary/aromatic N) is 4. The molecule has 0 N–H and O–H groups in total. The number of aromatic nitrogens is 1. The normalized spacial score (nSPS) is 14.1. The molecule has 2 heterocycles. The van der Waals surface area contributed by atoms with Gasteiger partial charge >= 0.3 is 0 Å². The van der Waals surface area contributed by atoms with E-state index in [4.69, 9.17) is 21.6 Å². The highest BCUT2D eigenvalue weighted by atomic mass is 35.5. The van der Waals surface area contributed by atoms with Crippen LogP contribution in [-0.4, -0.2) is 48.7 Å². The maximum atomic E-state index is 13.3. The molecule has 3 aromatic rings. The standard InChI is InChI=1S/C24H23ClN4O2/c1-31-23-16-22(28-9-2-3-10-28)21(25)15-20(23)24(30)29-12-4-11-27(13-14-29)19-7-5-18(17-26)6-8-19/h2-3,5-10,15-16H,4,11-14H2,1H3. The molecule has 0 radical (unpaired) electrons. The SMILES string of the molecule is COc1cc(-n2cccc2)c(Cl)cc1C(=O)N1CCCN(c2ccc(C#N)cc2)CC1. The summed E-state index contributed by atoms with van der Waals surface area (Å²) >= 11 is 6.51. The summed E-state index contributed by atoms with van der Waals surface area (Å²) in [5, 5.41) is 9.49. The molecule has 0 atom stereocenters. The Morgan fingerprint density at radius 1 is 1.06 bits per heavy atom. The second-order valence-corrected chi connectivity index (χ2v) is 7.79. The zero-order valence-electron chi connectivity index (χ0n) is 17.3. The van der Waals surface area contributed by atoms with E-state index < -0.39 is 0 Å². The minimum Gasteiger partial charge on any atom is -0.496 e. The lowest BCUT2D eigenvalue weighted by Crippen LogP contribution is -2.35. The van der Waals surface area contributed by atoms with Crippen molar-refractivity contribution in [3.8, 4) is 17.5 Å². The second kappa shape index (κ2) is 9.15. The van der Waals surface area contributed by atoms with E-state index >= 15 is 0 Å². The van der Waals surface area contributed by atoms with E-state index in [-0.39, 0.29) is 5.91 Å². The van der Waals surface area contributed by atoms with E-state index in [1.807, 2.05) is 58.3 Å². The summed E-state index contributed by atoms with van der Waals surface area (Å²) < 4.78 is 7.43.